The lowest BCUT2D eigenvalue weighted by Gasteiger charge is -2.05. The number of aryl methyl sites for hydroxylation is 2. The zero-order chi connectivity index (χ0) is 17.5. The molecule has 1 heterocycles. The normalized spacial score (nSPS) is 11.3. The van der Waals surface area contributed by atoms with Crippen molar-refractivity contribution in [3.8, 4) is 0 Å². The predicted octanol–water partition coefficient (Wildman–Crippen LogP) is 6.45. The van der Waals surface area contributed by atoms with Gasteiger partial charge in [-0.1, -0.05) is 78.6 Å². The first-order valence-electron chi connectivity index (χ1n) is 10.9. The molecule has 0 aliphatic carbocycles. The van der Waals surface area contributed by atoms with Gasteiger partial charge in [0.1, 0.15) is 12.4 Å². The summed E-state index contributed by atoms with van der Waals surface area (Å²) in [6.07, 6.45) is 23.8. The standard InChI is InChI=1S/C22H43N2/c1-4-7-9-11-12-13-14-16-19-24-21-20-23(18-6-3)22(24)17-15-10-8-5-2/h20-21H,4-19H2,1-3H3/q+1. The Morgan fingerprint density at radius 1 is 0.708 bits per heavy atom. The lowest BCUT2D eigenvalue weighted by atomic mass is 10.1. The molecule has 0 aliphatic rings. The van der Waals surface area contributed by atoms with Crippen molar-refractivity contribution in [1.82, 2.24) is 4.57 Å². The smallest absolute Gasteiger partial charge is 0.234 e. The van der Waals surface area contributed by atoms with E-state index in [4.69, 9.17) is 0 Å². The molecule has 0 unspecified atom stereocenters. The van der Waals surface area contributed by atoms with E-state index in [-0.39, 0.29) is 0 Å². The van der Waals surface area contributed by atoms with Gasteiger partial charge in [0.2, 0.25) is 0 Å². The van der Waals surface area contributed by atoms with Gasteiger partial charge in [-0.2, -0.15) is 0 Å². The molecule has 1 aromatic rings. The van der Waals surface area contributed by atoms with Crippen molar-refractivity contribution >= 4 is 0 Å². The van der Waals surface area contributed by atoms with Crippen LogP contribution in [0.5, 0.6) is 0 Å². The molecule has 0 aromatic carbocycles. The summed E-state index contributed by atoms with van der Waals surface area (Å²) in [6.45, 7) is 9.26. The Labute approximate surface area is 151 Å². The fraction of sp³-hybridized carbons (Fsp3) is 0.864. The van der Waals surface area contributed by atoms with Crippen LogP contribution < -0.4 is 4.57 Å². The minimum atomic E-state index is 1.17. The molecular weight excluding hydrogens is 292 g/mol. The Morgan fingerprint density at radius 3 is 1.92 bits per heavy atom. The maximum atomic E-state index is 2.54. The molecular formula is C22H43N2+. The van der Waals surface area contributed by atoms with Gasteiger partial charge in [0.05, 0.1) is 13.1 Å². The van der Waals surface area contributed by atoms with Crippen LogP contribution in [0.2, 0.25) is 0 Å². The van der Waals surface area contributed by atoms with Gasteiger partial charge in [-0.3, -0.25) is 0 Å². The van der Waals surface area contributed by atoms with Crippen molar-refractivity contribution in [1.29, 1.82) is 0 Å². The third kappa shape index (κ3) is 8.89. The third-order valence-corrected chi connectivity index (χ3v) is 5.06. The van der Waals surface area contributed by atoms with Gasteiger partial charge in [-0.05, 0) is 25.7 Å². The minimum Gasteiger partial charge on any atom is -0.234 e. The topological polar surface area (TPSA) is 8.81 Å². The maximum Gasteiger partial charge on any atom is 0.256 e. The summed E-state index contributed by atoms with van der Waals surface area (Å²) >= 11 is 0. The van der Waals surface area contributed by atoms with Gasteiger partial charge in [0, 0.05) is 6.42 Å². The van der Waals surface area contributed by atoms with Crippen LogP contribution in [0.15, 0.2) is 12.4 Å². The highest BCUT2D eigenvalue weighted by molar-refractivity contribution is 4.84. The molecule has 1 rings (SSSR count). The van der Waals surface area contributed by atoms with Crippen LogP contribution in [0, 0.1) is 0 Å². The largest absolute Gasteiger partial charge is 0.256 e. The molecule has 2 heteroatoms. The van der Waals surface area contributed by atoms with E-state index in [1.54, 1.807) is 5.82 Å². The van der Waals surface area contributed by atoms with Gasteiger partial charge in [-0.15, -0.1) is 0 Å². The predicted molar refractivity (Wildman–Crippen MR) is 105 cm³/mol. The summed E-state index contributed by atoms with van der Waals surface area (Å²) in [6, 6.07) is 0. The third-order valence-electron chi connectivity index (χ3n) is 5.06. The molecule has 0 amide bonds. The molecule has 2 nitrogen and oxygen atoms in total. The molecule has 0 bridgehead atoms. The summed E-state index contributed by atoms with van der Waals surface area (Å²) in [5.74, 6) is 1.57. The SMILES string of the molecule is CCCCCCCCCCn1cc[n+](CCC)c1CCCCCC. The van der Waals surface area contributed by atoms with Crippen LogP contribution in [-0.2, 0) is 19.5 Å². The van der Waals surface area contributed by atoms with E-state index in [1.807, 2.05) is 0 Å². The molecule has 1 aromatic heterocycles. The van der Waals surface area contributed by atoms with Crippen LogP contribution >= 0.6 is 0 Å². The van der Waals surface area contributed by atoms with Crippen LogP contribution in [0.25, 0.3) is 0 Å². The Balaban J connectivity index is 2.31. The minimum absolute atomic E-state index is 1.17. The van der Waals surface area contributed by atoms with Crippen LogP contribution in [0.1, 0.15) is 110 Å². The number of nitrogens with zero attached hydrogens (tertiary/aromatic N) is 2. The van der Waals surface area contributed by atoms with Crippen LogP contribution in [0.3, 0.4) is 0 Å². The van der Waals surface area contributed by atoms with E-state index in [9.17, 15) is 0 Å². The van der Waals surface area contributed by atoms with Gasteiger partial charge >= 0.3 is 0 Å². The fourth-order valence-corrected chi connectivity index (χ4v) is 3.56. The van der Waals surface area contributed by atoms with Crippen molar-refractivity contribution in [3.05, 3.63) is 18.2 Å². The number of hydrogen-bond donors (Lipinski definition) is 0. The number of unbranched alkanes of at least 4 members (excludes halogenated alkanes) is 10. The average Bonchev–Trinajstić information content (AvgIpc) is 2.96. The van der Waals surface area contributed by atoms with Gasteiger partial charge < -0.3 is 0 Å². The Kier molecular flexibility index (Phi) is 12.9. The second-order valence-corrected chi connectivity index (χ2v) is 7.39. The van der Waals surface area contributed by atoms with Crippen LogP contribution in [0.4, 0.5) is 0 Å². The monoisotopic (exact) mass is 335 g/mol. The maximum absolute atomic E-state index is 2.54. The summed E-state index contributed by atoms with van der Waals surface area (Å²) < 4.78 is 5.04. The molecule has 0 aliphatic heterocycles. The lowest BCUT2D eigenvalue weighted by molar-refractivity contribution is -0.703. The molecule has 0 saturated heterocycles. The zero-order valence-electron chi connectivity index (χ0n) is 16.9. The Hall–Kier alpha value is -0.790. The molecule has 0 fully saturated rings. The second kappa shape index (κ2) is 14.5. The number of aromatic nitrogens is 2. The summed E-state index contributed by atoms with van der Waals surface area (Å²) in [5.41, 5.74) is 0. The quantitative estimate of drug-likeness (QED) is 0.242. The number of hydrogen-bond acceptors (Lipinski definition) is 0. The Morgan fingerprint density at radius 2 is 1.29 bits per heavy atom. The molecule has 0 N–H and O–H groups in total. The number of imidazole rings is 1. The van der Waals surface area contributed by atoms with Crippen molar-refractivity contribution in [2.75, 3.05) is 0 Å². The highest BCUT2D eigenvalue weighted by Crippen LogP contribution is 2.11. The fourth-order valence-electron chi connectivity index (χ4n) is 3.56. The van der Waals surface area contributed by atoms with Crippen molar-refractivity contribution in [2.24, 2.45) is 0 Å². The van der Waals surface area contributed by atoms with E-state index < -0.39 is 0 Å². The highest BCUT2D eigenvalue weighted by Gasteiger charge is 2.15. The molecule has 0 saturated carbocycles. The van der Waals surface area contributed by atoms with E-state index in [0.717, 1.165) is 0 Å². The molecule has 0 radical (unpaired) electrons. The van der Waals surface area contributed by atoms with Gasteiger partial charge in [-0.25, -0.2) is 9.13 Å². The van der Waals surface area contributed by atoms with Crippen LogP contribution in [-0.4, -0.2) is 4.57 Å². The number of rotatable bonds is 16. The lowest BCUT2D eigenvalue weighted by Crippen LogP contribution is -2.37. The van der Waals surface area contributed by atoms with E-state index in [0.29, 0.717) is 0 Å². The average molecular weight is 336 g/mol. The molecule has 0 atom stereocenters. The highest BCUT2D eigenvalue weighted by atomic mass is 15.1. The van der Waals surface area contributed by atoms with Crippen molar-refractivity contribution in [2.45, 2.75) is 124 Å². The van der Waals surface area contributed by atoms with Gasteiger partial charge in [0.15, 0.2) is 0 Å². The summed E-state index contributed by atoms with van der Waals surface area (Å²) in [7, 11) is 0. The first-order chi connectivity index (χ1) is 11.8. The van der Waals surface area contributed by atoms with E-state index in [2.05, 4.69) is 42.3 Å². The Bertz CT molecular complexity index is 395. The summed E-state index contributed by atoms with van der Waals surface area (Å²) in [5, 5.41) is 0. The zero-order valence-corrected chi connectivity index (χ0v) is 16.9. The first kappa shape index (κ1) is 21.3. The van der Waals surface area contributed by atoms with Crippen molar-refractivity contribution in [3.63, 3.8) is 0 Å². The molecule has 24 heavy (non-hydrogen) atoms. The van der Waals surface area contributed by atoms with E-state index in [1.165, 1.54) is 103 Å². The first-order valence-corrected chi connectivity index (χ1v) is 10.9. The van der Waals surface area contributed by atoms with Crippen molar-refractivity contribution < 1.29 is 4.57 Å². The summed E-state index contributed by atoms with van der Waals surface area (Å²) in [4.78, 5) is 0. The van der Waals surface area contributed by atoms with E-state index >= 15 is 0 Å². The molecule has 0 spiro atoms. The molecule has 140 valence electrons. The second-order valence-electron chi connectivity index (χ2n) is 7.39. The van der Waals surface area contributed by atoms with Gasteiger partial charge in [0.25, 0.3) is 5.82 Å².